The summed E-state index contributed by atoms with van der Waals surface area (Å²) in [4.78, 5) is 11.2. The molecule has 1 aliphatic heterocycles. The average Bonchev–Trinajstić information content (AvgIpc) is 3.02. The molecule has 2 aromatic rings. The van der Waals surface area contributed by atoms with Gasteiger partial charge in [-0.1, -0.05) is 44.2 Å². The number of hydrogen-bond donors (Lipinski definition) is 2. The molecule has 2 atom stereocenters. The van der Waals surface area contributed by atoms with Crippen molar-refractivity contribution in [2.24, 2.45) is 5.92 Å². The van der Waals surface area contributed by atoms with Gasteiger partial charge in [-0.2, -0.15) is 0 Å². The molecule has 0 aliphatic carbocycles. The van der Waals surface area contributed by atoms with Crippen LogP contribution in [0.4, 0.5) is 0 Å². The molecule has 1 saturated heterocycles. The topological polar surface area (TPSA) is 58.6 Å². The summed E-state index contributed by atoms with van der Waals surface area (Å²) in [5.74, 6) is 0.596. The Morgan fingerprint density at radius 3 is 2.70 bits per heavy atom. The number of rotatable bonds is 5. The smallest absolute Gasteiger partial charge is 0.318 e. The van der Waals surface area contributed by atoms with E-state index in [0.717, 1.165) is 22.1 Å². The van der Waals surface area contributed by atoms with Crippen LogP contribution in [0.3, 0.4) is 0 Å². The van der Waals surface area contributed by atoms with Gasteiger partial charge in [-0.3, -0.25) is 10.1 Å². The molecule has 0 saturated carbocycles. The number of thioether (sulfide) groups is 1. The van der Waals surface area contributed by atoms with Gasteiger partial charge in [0.1, 0.15) is 11.0 Å². The van der Waals surface area contributed by atoms with Crippen LogP contribution < -0.4 is 10.1 Å². The molecule has 0 unspecified atom stereocenters. The third kappa shape index (κ3) is 3.46. The SMILES string of the molecule is CC(C)COc1ccc([C@H]2NC[C@H](C(=O)O)S2)c2ccccc12. The van der Waals surface area contributed by atoms with Gasteiger partial charge in [0.15, 0.2) is 0 Å². The number of carbonyl (C=O) groups is 1. The molecule has 4 nitrogen and oxygen atoms in total. The van der Waals surface area contributed by atoms with E-state index in [1.54, 1.807) is 0 Å². The van der Waals surface area contributed by atoms with Crippen LogP contribution in [0.15, 0.2) is 36.4 Å². The maximum absolute atomic E-state index is 11.2. The maximum atomic E-state index is 11.2. The predicted molar refractivity (Wildman–Crippen MR) is 94.0 cm³/mol. The third-order valence-electron chi connectivity index (χ3n) is 3.84. The van der Waals surface area contributed by atoms with Crippen molar-refractivity contribution in [3.05, 3.63) is 42.0 Å². The summed E-state index contributed by atoms with van der Waals surface area (Å²) < 4.78 is 5.94. The zero-order valence-corrected chi connectivity index (χ0v) is 14.1. The van der Waals surface area contributed by atoms with Gasteiger partial charge in [0.25, 0.3) is 0 Å². The second kappa shape index (κ2) is 6.81. The number of fused-ring (bicyclic) bond motifs is 1. The maximum Gasteiger partial charge on any atom is 0.318 e. The quantitative estimate of drug-likeness (QED) is 0.875. The second-order valence-electron chi connectivity index (χ2n) is 6.15. The minimum atomic E-state index is -0.758. The van der Waals surface area contributed by atoms with Crippen molar-refractivity contribution in [1.82, 2.24) is 5.32 Å². The van der Waals surface area contributed by atoms with Crippen LogP contribution in [-0.4, -0.2) is 29.5 Å². The first-order chi connectivity index (χ1) is 11.1. The summed E-state index contributed by atoms with van der Waals surface area (Å²) in [6.07, 6.45) is 0. The lowest BCUT2D eigenvalue weighted by Crippen LogP contribution is -2.21. The molecule has 2 aromatic carbocycles. The lowest BCUT2D eigenvalue weighted by atomic mass is 10.0. The van der Waals surface area contributed by atoms with Crippen molar-refractivity contribution >= 4 is 28.5 Å². The van der Waals surface area contributed by atoms with Gasteiger partial charge in [0.05, 0.1) is 12.0 Å². The Hall–Kier alpha value is -1.72. The fraction of sp³-hybridized carbons (Fsp3) is 0.389. The highest BCUT2D eigenvalue weighted by atomic mass is 32.2. The number of hydrogen-bond acceptors (Lipinski definition) is 4. The minimum absolute atomic E-state index is 0.000138. The molecule has 5 heteroatoms. The highest BCUT2D eigenvalue weighted by Gasteiger charge is 2.31. The fourth-order valence-corrected chi connectivity index (χ4v) is 3.89. The summed E-state index contributed by atoms with van der Waals surface area (Å²) in [6, 6.07) is 12.2. The van der Waals surface area contributed by atoms with E-state index < -0.39 is 11.2 Å². The number of nitrogens with one attached hydrogen (secondary N) is 1. The lowest BCUT2D eigenvalue weighted by molar-refractivity contribution is -0.136. The fourth-order valence-electron chi connectivity index (χ4n) is 2.71. The Morgan fingerprint density at radius 2 is 2.04 bits per heavy atom. The van der Waals surface area contributed by atoms with Crippen LogP contribution in [0.2, 0.25) is 0 Å². The summed E-state index contributed by atoms with van der Waals surface area (Å²) >= 11 is 1.46. The van der Waals surface area contributed by atoms with Crippen molar-refractivity contribution in [2.45, 2.75) is 24.5 Å². The average molecular weight is 331 g/mol. The molecule has 23 heavy (non-hydrogen) atoms. The summed E-state index contributed by atoms with van der Waals surface area (Å²) in [7, 11) is 0. The van der Waals surface area contributed by atoms with Gasteiger partial charge in [-0.15, -0.1) is 11.8 Å². The lowest BCUT2D eigenvalue weighted by Gasteiger charge is -2.17. The zero-order chi connectivity index (χ0) is 16.4. The molecule has 1 fully saturated rings. The molecule has 0 amide bonds. The highest BCUT2D eigenvalue weighted by Crippen LogP contribution is 2.40. The van der Waals surface area contributed by atoms with Crippen LogP contribution in [0, 0.1) is 5.92 Å². The molecule has 2 N–H and O–H groups in total. The molecular weight excluding hydrogens is 310 g/mol. The number of benzene rings is 2. The highest BCUT2D eigenvalue weighted by molar-refractivity contribution is 8.01. The van der Waals surface area contributed by atoms with Crippen LogP contribution in [0.5, 0.6) is 5.75 Å². The summed E-state index contributed by atoms with van der Waals surface area (Å²) in [5.41, 5.74) is 1.12. The third-order valence-corrected chi connectivity index (χ3v) is 5.23. The van der Waals surface area contributed by atoms with Crippen LogP contribution in [0.1, 0.15) is 24.8 Å². The molecule has 0 radical (unpaired) electrons. The van der Waals surface area contributed by atoms with Gasteiger partial charge in [-0.25, -0.2) is 0 Å². The number of ether oxygens (including phenoxy) is 1. The van der Waals surface area contributed by atoms with E-state index in [9.17, 15) is 9.90 Å². The molecule has 3 rings (SSSR count). The predicted octanol–water partition coefficient (Wildman–Crippen LogP) is 3.66. The van der Waals surface area contributed by atoms with Gasteiger partial charge in [-0.05, 0) is 22.9 Å². The van der Waals surface area contributed by atoms with Gasteiger partial charge in [0, 0.05) is 11.9 Å². The monoisotopic (exact) mass is 331 g/mol. The standard InChI is InChI=1S/C18H21NO3S/c1-11(2)10-22-15-8-7-14(12-5-3-4-6-13(12)15)17-19-9-16(23-17)18(20)21/h3-8,11,16-17,19H,9-10H2,1-2H3,(H,20,21)/t16-,17+/m1/s1. The molecule has 0 aromatic heterocycles. The van der Waals surface area contributed by atoms with E-state index >= 15 is 0 Å². The summed E-state index contributed by atoms with van der Waals surface area (Å²) in [5, 5.41) is 14.3. The van der Waals surface area contributed by atoms with Crippen molar-refractivity contribution in [2.75, 3.05) is 13.2 Å². The minimum Gasteiger partial charge on any atom is -0.493 e. The van der Waals surface area contributed by atoms with E-state index in [1.165, 1.54) is 11.8 Å². The molecule has 122 valence electrons. The Balaban J connectivity index is 1.94. The first kappa shape index (κ1) is 16.1. The first-order valence-electron chi connectivity index (χ1n) is 7.82. The largest absolute Gasteiger partial charge is 0.493 e. The van der Waals surface area contributed by atoms with E-state index in [4.69, 9.17) is 4.74 Å². The second-order valence-corrected chi connectivity index (χ2v) is 7.47. The van der Waals surface area contributed by atoms with Crippen molar-refractivity contribution < 1.29 is 14.6 Å². The van der Waals surface area contributed by atoms with Crippen LogP contribution in [0.25, 0.3) is 10.8 Å². The van der Waals surface area contributed by atoms with Crippen LogP contribution in [-0.2, 0) is 4.79 Å². The Morgan fingerprint density at radius 1 is 1.30 bits per heavy atom. The Labute approximate surface area is 140 Å². The van der Waals surface area contributed by atoms with E-state index in [2.05, 4.69) is 31.3 Å². The Kier molecular flexibility index (Phi) is 4.78. The van der Waals surface area contributed by atoms with Gasteiger partial charge in [0.2, 0.25) is 0 Å². The molecule has 0 bridgehead atoms. The number of carboxylic acid groups (broad SMARTS) is 1. The van der Waals surface area contributed by atoms with E-state index in [0.29, 0.717) is 19.1 Å². The molecular formula is C18H21NO3S. The first-order valence-corrected chi connectivity index (χ1v) is 8.76. The number of aliphatic carboxylic acids is 1. The van der Waals surface area contributed by atoms with Crippen molar-refractivity contribution in [3.8, 4) is 5.75 Å². The Bertz CT molecular complexity index is 716. The van der Waals surface area contributed by atoms with E-state index in [-0.39, 0.29) is 5.37 Å². The van der Waals surface area contributed by atoms with Gasteiger partial charge >= 0.3 is 5.97 Å². The number of carboxylic acids is 1. The van der Waals surface area contributed by atoms with Crippen molar-refractivity contribution in [3.63, 3.8) is 0 Å². The normalized spacial score (nSPS) is 21.0. The zero-order valence-electron chi connectivity index (χ0n) is 13.3. The molecule has 0 spiro atoms. The van der Waals surface area contributed by atoms with Crippen molar-refractivity contribution in [1.29, 1.82) is 0 Å². The van der Waals surface area contributed by atoms with E-state index in [1.807, 2.05) is 24.3 Å². The summed E-state index contributed by atoms with van der Waals surface area (Å²) in [6.45, 7) is 5.43. The van der Waals surface area contributed by atoms with Crippen LogP contribution >= 0.6 is 11.8 Å². The molecule has 1 aliphatic rings. The molecule has 1 heterocycles. The van der Waals surface area contributed by atoms with Gasteiger partial charge < -0.3 is 9.84 Å².